The molecule has 1 fully saturated rings. The molecule has 29 heavy (non-hydrogen) atoms. The highest BCUT2D eigenvalue weighted by Gasteiger charge is 2.45. The van der Waals surface area contributed by atoms with Crippen LogP contribution in [-0.2, 0) is 0 Å². The Bertz CT molecular complexity index is 1070. The molecule has 3 heterocycles. The van der Waals surface area contributed by atoms with E-state index in [1.54, 1.807) is 7.11 Å². The van der Waals surface area contributed by atoms with Crippen molar-refractivity contribution in [2.45, 2.75) is 57.7 Å². The molecule has 1 aliphatic rings. The highest BCUT2D eigenvalue weighted by molar-refractivity contribution is 6.31. The maximum atomic E-state index is 10.6. The largest absolute Gasteiger partial charge is 0.481 e. The van der Waals surface area contributed by atoms with Crippen molar-refractivity contribution in [3.63, 3.8) is 0 Å². The van der Waals surface area contributed by atoms with Crippen molar-refractivity contribution in [2.24, 2.45) is 0 Å². The van der Waals surface area contributed by atoms with Gasteiger partial charge in [-0.05, 0) is 64.8 Å². The lowest BCUT2D eigenvalue weighted by Crippen LogP contribution is -2.61. The molecule has 2 N–H and O–H groups in total. The summed E-state index contributed by atoms with van der Waals surface area (Å²) < 4.78 is 5.35. The predicted molar refractivity (Wildman–Crippen MR) is 117 cm³/mol. The summed E-state index contributed by atoms with van der Waals surface area (Å²) in [5.41, 5.74) is 2.57. The van der Waals surface area contributed by atoms with Crippen molar-refractivity contribution in [3.05, 3.63) is 35.4 Å². The lowest BCUT2D eigenvalue weighted by molar-refractivity contribution is -0.243. The Hall–Kier alpha value is -2.15. The summed E-state index contributed by atoms with van der Waals surface area (Å²) in [6, 6.07) is 9.59. The normalized spacial score (nSPS) is 19.6. The molecule has 7 heteroatoms. The monoisotopic (exact) mass is 414 g/mol. The van der Waals surface area contributed by atoms with Gasteiger partial charge < -0.3 is 15.3 Å². The van der Waals surface area contributed by atoms with E-state index in [0.717, 1.165) is 40.5 Å². The summed E-state index contributed by atoms with van der Waals surface area (Å²) in [7, 11) is 1.61. The van der Waals surface area contributed by atoms with E-state index in [9.17, 15) is 5.21 Å². The van der Waals surface area contributed by atoms with Gasteiger partial charge in [-0.15, -0.1) is 0 Å². The molecular formula is C22H27ClN4O2. The molecular weight excluding hydrogens is 388 g/mol. The molecule has 0 amide bonds. The van der Waals surface area contributed by atoms with Gasteiger partial charge in [0, 0.05) is 33.6 Å². The Balaban J connectivity index is 1.86. The van der Waals surface area contributed by atoms with Crippen LogP contribution in [0.5, 0.6) is 5.88 Å². The van der Waals surface area contributed by atoms with Crippen molar-refractivity contribution in [3.8, 4) is 5.88 Å². The Morgan fingerprint density at radius 1 is 1.07 bits per heavy atom. The van der Waals surface area contributed by atoms with Crippen LogP contribution < -0.4 is 10.1 Å². The number of rotatable bonds is 3. The number of methoxy groups -OCH3 is 1. The number of hydrogen-bond acceptors (Lipinski definition) is 6. The fourth-order valence-electron chi connectivity index (χ4n) is 4.61. The van der Waals surface area contributed by atoms with Gasteiger partial charge in [-0.25, -0.2) is 9.97 Å². The van der Waals surface area contributed by atoms with Crippen molar-refractivity contribution < 1.29 is 9.94 Å². The number of pyridine rings is 2. The Labute approximate surface area is 175 Å². The van der Waals surface area contributed by atoms with Crippen molar-refractivity contribution in [1.82, 2.24) is 15.0 Å². The first-order valence-corrected chi connectivity index (χ1v) is 10.2. The van der Waals surface area contributed by atoms with Gasteiger partial charge in [-0.3, -0.25) is 0 Å². The molecule has 154 valence electrons. The minimum Gasteiger partial charge on any atom is -0.481 e. The van der Waals surface area contributed by atoms with Crippen LogP contribution in [0.1, 0.15) is 40.5 Å². The van der Waals surface area contributed by atoms with E-state index in [0.29, 0.717) is 10.9 Å². The van der Waals surface area contributed by atoms with Crippen molar-refractivity contribution in [1.29, 1.82) is 0 Å². The molecule has 1 aromatic carbocycles. The van der Waals surface area contributed by atoms with E-state index in [1.807, 2.05) is 30.3 Å². The first-order valence-electron chi connectivity index (χ1n) is 9.80. The molecule has 0 unspecified atom stereocenters. The van der Waals surface area contributed by atoms with Crippen LogP contribution in [0.15, 0.2) is 30.3 Å². The Morgan fingerprint density at radius 3 is 2.41 bits per heavy atom. The third kappa shape index (κ3) is 3.61. The number of hydroxylamine groups is 2. The van der Waals surface area contributed by atoms with E-state index in [4.69, 9.17) is 21.3 Å². The van der Waals surface area contributed by atoms with Gasteiger partial charge >= 0.3 is 0 Å². The third-order valence-electron chi connectivity index (χ3n) is 5.75. The third-order valence-corrected chi connectivity index (χ3v) is 5.99. The highest BCUT2D eigenvalue weighted by atomic mass is 35.5. The standard InChI is InChI=1S/C22H27ClN4O2/c1-21(2)11-14(12-22(3,4)27(21)28)24-19-15-7-6-13(23)10-17(15)25-16-8-9-18(29-5)26-20(16)19/h6-10,14,28H,11-12H2,1-5H3,(H,24,25). The molecule has 0 saturated carbocycles. The van der Waals surface area contributed by atoms with Gasteiger partial charge in [0.2, 0.25) is 5.88 Å². The van der Waals surface area contributed by atoms with E-state index in [1.165, 1.54) is 5.06 Å². The molecule has 0 aliphatic carbocycles. The number of aromatic nitrogens is 2. The summed E-state index contributed by atoms with van der Waals surface area (Å²) in [6.07, 6.45) is 1.57. The van der Waals surface area contributed by atoms with Crippen molar-refractivity contribution >= 4 is 39.2 Å². The number of nitrogens with one attached hydrogen (secondary N) is 1. The summed E-state index contributed by atoms with van der Waals surface area (Å²) in [4.78, 5) is 9.43. The van der Waals surface area contributed by atoms with E-state index < -0.39 is 0 Å². The van der Waals surface area contributed by atoms with E-state index in [-0.39, 0.29) is 17.1 Å². The van der Waals surface area contributed by atoms with Crippen LogP contribution in [-0.4, -0.2) is 44.5 Å². The first-order chi connectivity index (χ1) is 13.6. The quantitative estimate of drug-likeness (QED) is 0.569. The van der Waals surface area contributed by atoms with Crippen molar-refractivity contribution in [2.75, 3.05) is 12.4 Å². The van der Waals surface area contributed by atoms with Gasteiger partial charge in [-0.1, -0.05) is 11.6 Å². The molecule has 3 aromatic rings. The number of halogens is 1. The summed E-state index contributed by atoms with van der Waals surface area (Å²) >= 11 is 6.22. The topological polar surface area (TPSA) is 70.5 Å². The lowest BCUT2D eigenvalue weighted by Gasteiger charge is -2.51. The van der Waals surface area contributed by atoms with Crippen LogP contribution in [0.4, 0.5) is 5.69 Å². The van der Waals surface area contributed by atoms with Gasteiger partial charge in [0.15, 0.2) is 0 Å². The molecule has 0 spiro atoms. The number of hydrogen-bond donors (Lipinski definition) is 2. The summed E-state index contributed by atoms with van der Waals surface area (Å²) in [6.45, 7) is 8.25. The lowest BCUT2D eigenvalue weighted by atomic mass is 9.79. The minimum atomic E-state index is -0.355. The van der Waals surface area contributed by atoms with Gasteiger partial charge in [-0.2, -0.15) is 5.06 Å². The maximum Gasteiger partial charge on any atom is 0.213 e. The number of fused-ring (bicyclic) bond motifs is 2. The number of ether oxygens (including phenoxy) is 1. The van der Waals surface area contributed by atoms with Crippen LogP contribution >= 0.6 is 11.6 Å². The molecule has 0 radical (unpaired) electrons. The zero-order valence-electron chi connectivity index (χ0n) is 17.5. The van der Waals surface area contributed by atoms with Gasteiger partial charge in [0.1, 0.15) is 5.52 Å². The number of piperidine rings is 1. The second-order valence-electron chi connectivity index (χ2n) is 9.06. The molecule has 1 aliphatic heterocycles. The molecule has 6 nitrogen and oxygen atoms in total. The van der Waals surface area contributed by atoms with E-state index >= 15 is 0 Å². The first kappa shape index (κ1) is 20.1. The van der Waals surface area contributed by atoms with E-state index in [2.05, 4.69) is 38.0 Å². The van der Waals surface area contributed by atoms with Gasteiger partial charge in [0.05, 0.1) is 23.8 Å². The summed E-state index contributed by atoms with van der Waals surface area (Å²) in [5.74, 6) is 0.543. The molecule has 4 rings (SSSR count). The Morgan fingerprint density at radius 2 is 1.76 bits per heavy atom. The fraction of sp³-hybridized carbons (Fsp3) is 0.455. The molecule has 0 atom stereocenters. The molecule has 0 bridgehead atoms. The Kier molecular flexibility index (Phi) is 4.84. The van der Waals surface area contributed by atoms with Crippen LogP contribution in [0.2, 0.25) is 5.02 Å². The zero-order chi connectivity index (χ0) is 21.0. The second-order valence-corrected chi connectivity index (χ2v) is 9.49. The van der Waals surface area contributed by atoms with Crippen LogP contribution in [0, 0.1) is 0 Å². The second kappa shape index (κ2) is 6.97. The number of anilines is 1. The maximum absolute atomic E-state index is 10.6. The smallest absolute Gasteiger partial charge is 0.213 e. The fourth-order valence-corrected chi connectivity index (χ4v) is 4.78. The SMILES string of the molecule is COc1ccc2nc3cc(Cl)ccc3c(NC3CC(C)(C)N(O)C(C)(C)C3)c2n1. The zero-order valence-corrected chi connectivity index (χ0v) is 18.2. The minimum absolute atomic E-state index is 0.154. The highest BCUT2D eigenvalue weighted by Crippen LogP contribution is 2.40. The number of benzene rings is 1. The van der Waals surface area contributed by atoms with Crippen LogP contribution in [0.3, 0.4) is 0 Å². The molecule has 1 saturated heterocycles. The summed E-state index contributed by atoms with van der Waals surface area (Å²) in [5, 5.41) is 17.5. The average Bonchev–Trinajstić information content (AvgIpc) is 2.65. The van der Waals surface area contributed by atoms with Gasteiger partial charge in [0.25, 0.3) is 0 Å². The number of nitrogens with zero attached hydrogens (tertiary/aromatic N) is 3. The molecule has 2 aromatic heterocycles. The average molecular weight is 415 g/mol. The van der Waals surface area contributed by atoms with Crippen LogP contribution in [0.25, 0.3) is 21.9 Å². The predicted octanol–water partition coefficient (Wildman–Crippen LogP) is 5.27.